The van der Waals surface area contributed by atoms with Gasteiger partial charge >= 0.3 is 15.5 Å². The average molecular weight is 340 g/mol. The van der Waals surface area contributed by atoms with Crippen molar-refractivity contribution >= 4 is 38.3 Å². The first-order chi connectivity index (χ1) is 8.99. The van der Waals surface area contributed by atoms with Gasteiger partial charge in [-0.3, -0.25) is 4.57 Å². The molecular weight excluding hydrogens is 324 g/mol. The summed E-state index contributed by atoms with van der Waals surface area (Å²) < 4.78 is 11.5. The molecular formula is C10H16NO6P2S+. The molecule has 20 heavy (non-hydrogen) atoms. The van der Waals surface area contributed by atoms with Crippen molar-refractivity contribution in [2.24, 2.45) is 0 Å². The molecule has 7 N–H and O–H groups in total. The van der Waals surface area contributed by atoms with Gasteiger partial charge in [-0.05, 0) is 17.7 Å². The van der Waals surface area contributed by atoms with Crippen LogP contribution in [0.15, 0.2) is 24.3 Å². The maximum absolute atomic E-state index is 11.5. The molecule has 0 aromatic heterocycles. The highest BCUT2D eigenvalue weighted by Gasteiger charge is 2.36. The van der Waals surface area contributed by atoms with Gasteiger partial charge in [0.15, 0.2) is 6.16 Å². The van der Waals surface area contributed by atoms with Crippen molar-refractivity contribution in [3.05, 3.63) is 29.8 Å². The number of benzene rings is 1. The molecule has 0 bridgehead atoms. The number of nitrogen functional groups attached to an aromatic ring is 1. The fraction of sp³-hybridized carbons (Fsp3) is 0.300. The van der Waals surface area contributed by atoms with E-state index < -0.39 is 27.4 Å². The molecule has 0 radical (unpaired) electrons. The second-order valence-electron chi connectivity index (χ2n) is 4.37. The quantitative estimate of drug-likeness (QED) is 0.255. The van der Waals surface area contributed by atoms with E-state index in [4.69, 9.17) is 32.6 Å². The Morgan fingerprint density at radius 3 is 2.15 bits per heavy atom. The largest absolute Gasteiger partial charge is 0.408 e. The molecule has 112 valence electrons. The summed E-state index contributed by atoms with van der Waals surface area (Å²) in [4.78, 5) is 45.6. The number of hydrogen-bond donors (Lipinski definition) is 6. The van der Waals surface area contributed by atoms with Gasteiger partial charge in [0.2, 0.25) is 0 Å². The van der Waals surface area contributed by atoms with Crippen LogP contribution in [0.25, 0.3) is 0 Å². The van der Waals surface area contributed by atoms with Crippen LogP contribution < -0.4 is 5.73 Å². The van der Waals surface area contributed by atoms with E-state index in [9.17, 15) is 14.4 Å². The van der Waals surface area contributed by atoms with Crippen molar-refractivity contribution in [3.63, 3.8) is 0 Å². The molecule has 0 aliphatic rings. The second kappa shape index (κ2) is 6.56. The first-order valence-corrected chi connectivity index (χ1v) is 9.40. The van der Waals surface area contributed by atoms with Crippen LogP contribution >= 0.6 is 27.8 Å². The number of anilines is 1. The lowest BCUT2D eigenvalue weighted by Crippen LogP contribution is -2.12. The van der Waals surface area contributed by atoms with Crippen LogP contribution in [-0.2, 0) is 4.57 Å². The van der Waals surface area contributed by atoms with Gasteiger partial charge in [0.05, 0.1) is 5.66 Å². The molecule has 0 amide bonds. The van der Waals surface area contributed by atoms with E-state index in [0.29, 0.717) is 11.3 Å². The van der Waals surface area contributed by atoms with E-state index in [-0.39, 0.29) is 11.3 Å². The Balaban J connectivity index is 2.95. The van der Waals surface area contributed by atoms with Gasteiger partial charge in [0.25, 0.3) is 0 Å². The molecule has 1 aromatic rings. The fourth-order valence-corrected chi connectivity index (χ4v) is 4.10. The van der Waals surface area contributed by atoms with Crippen molar-refractivity contribution in [1.82, 2.24) is 0 Å². The minimum atomic E-state index is -4.49. The highest BCUT2D eigenvalue weighted by atomic mass is 32.1. The first-order valence-electron chi connectivity index (χ1n) is 5.48. The van der Waals surface area contributed by atoms with Crippen molar-refractivity contribution in [2.75, 3.05) is 11.9 Å². The van der Waals surface area contributed by atoms with Crippen molar-refractivity contribution in [2.45, 2.75) is 12.1 Å². The summed E-state index contributed by atoms with van der Waals surface area (Å²) >= 11 is 4.85. The molecule has 0 saturated carbocycles. The molecule has 10 heteroatoms. The molecule has 0 saturated heterocycles. The zero-order chi connectivity index (χ0) is 15.6. The number of hydrogen-bond acceptors (Lipinski definition) is 6. The summed E-state index contributed by atoms with van der Waals surface area (Å²) in [6, 6.07) is 5.95. The molecule has 1 unspecified atom stereocenters. The van der Waals surface area contributed by atoms with Crippen LogP contribution in [0.3, 0.4) is 0 Å². The zero-order valence-electron chi connectivity index (χ0n) is 10.3. The third-order valence-corrected chi connectivity index (χ3v) is 5.16. The minimum Gasteiger partial charge on any atom is -0.399 e. The average Bonchev–Trinajstić information content (AvgIpc) is 2.23. The molecule has 1 aromatic carbocycles. The van der Waals surface area contributed by atoms with E-state index in [0.717, 1.165) is 0 Å². The van der Waals surface area contributed by atoms with Gasteiger partial charge in [0, 0.05) is 17.0 Å². The fourth-order valence-electron chi connectivity index (χ4n) is 1.67. The van der Waals surface area contributed by atoms with Crippen molar-refractivity contribution < 1.29 is 29.0 Å². The van der Waals surface area contributed by atoms with Crippen molar-refractivity contribution in [1.29, 1.82) is 0 Å². The van der Waals surface area contributed by atoms with E-state index in [1.807, 2.05) is 0 Å². The molecule has 0 fully saturated rings. The standard InChI is InChI=1S/C10H15NO6P2S/c11-8-3-1-7(2-4-8)10(19(15,16)17)5-9(20)6-18(12,13)14/h1-4,10,12-14H,5-6,11H2,(H-,15,16,17)/p+1. The van der Waals surface area contributed by atoms with Crippen LogP contribution in [0.1, 0.15) is 17.6 Å². The Hall–Kier alpha value is -0.430. The van der Waals surface area contributed by atoms with E-state index in [1.165, 1.54) is 24.3 Å². The van der Waals surface area contributed by atoms with Gasteiger partial charge in [-0.25, -0.2) is 0 Å². The maximum atomic E-state index is 11.5. The Kier molecular flexibility index (Phi) is 5.78. The highest BCUT2D eigenvalue weighted by molar-refractivity contribution is 7.81. The number of nitrogens with two attached hydrogens (primary N) is 1. The lowest BCUT2D eigenvalue weighted by molar-refractivity contribution is 0.335. The lowest BCUT2D eigenvalue weighted by Gasteiger charge is -2.19. The Labute approximate surface area is 121 Å². The minimum absolute atomic E-state index is 0.0176. The first kappa shape index (κ1) is 17.6. The number of thiocarbonyl (C=S) groups is 1. The Morgan fingerprint density at radius 2 is 1.75 bits per heavy atom. The summed E-state index contributed by atoms with van der Waals surface area (Å²) in [6.07, 6.45) is -0.805. The summed E-state index contributed by atoms with van der Waals surface area (Å²) in [7, 11) is -8.59. The smallest absolute Gasteiger partial charge is 0.399 e. The topological polar surface area (TPSA) is 144 Å². The second-order valence-corrected chi connectivity index (χ2v) is 8.45. The molecule has 0 aliphatic heterocycles. The van der Waals surface area contributed by atoms with Crippen LogP contribution in [0, 0.1) is 0 Å². The Bertz CT molecular complexity index is 524. The van der Waals surface area contributed by atoms with Crippen LogP contribution in [0.4, 0.5) is 5.69 Å². The van der Waals surface area contributed by atoms with Gasteiger partial charge in [-0.1, -0.05) is 24.4 Å². The zero-order valence-corrected chi connectivity index (χ0v) is 12.9. The van der Waals surface area contributed by atoms with Gasteiger partial charge in [-0.2, -0.15) is 14.7 Å². The third kappa shape index (κ3) is 5.91. The highest BCUT2D eigenvalue weighted by Crippen LogP contribution is 2.55. The molecule has 1 atom stereocenters. The van der Waals surface area contributed by atoms with Crippen LogP contribution in [0.5, 0.6) is 0 Å². The summed E-state index contributed by atoms with van der Waals surface area (Å²) in [5, 5.41) is 0. The van der Waals surface area contributed by atoms with E-state index in [2.05, 4.69) is 0 Å². The lowest BCUT2D eigenvalue weighted by atomic mass is 10.1. The van der Waals surface area contributed by atoms with Crippen LogP contribution in [-0.4, -0.2) is 35.5 Å². The van der Waals surface area contributed by atoms with Crippen LogP contribution in [0.2, 0.25) is 0 Å². The summed E-state index contributed by atoms with van der Waals surface area (Å²) in [5.74, 6) is 0. The molecule has 1 rings (SSSR count). The molecule has 0 spiro atoms. The van der Waals surface area contributed by atoms with E-state index in [1.54, 1.807) is 0 Å². The third-order valence-electron chi connectivity index (χ3n) is 2.54. The summed E-state index contributed by atoms with van der Waals surface area (Å²) in [5.41, 5.74) is 5.09. The SMILES string of the molecule is Nc1ccc(C(CC(=S)C[P+](O)(O)O)P(=O)(O)O)cc1. The predicted molar refractivity (Wildman–Crippen MR) is 81.3 cm³/mol. The number of rotatable bonds is 6. The monoisotopic (exact) mass is 340 g/mol. The molecule has 0 heterocycles. The van der Waals surface area contributed by atoms with Gasteiger partial charge < -0.3 is 15.5 Å². The maximum Gasteiger partial charge on any atom is 0.408 e. The van der Waals surface area contributed by atoms with E-state index >= 15 is 0 Å². The van der Waals surface area contributed by atoms with Gasteiger partial charge in [0.1, 0.15) is 0 Å². The summed E-state index contributed by atoms with van der Waals surface area (Å²) in [6.45, 7) is 0. The predicted octanol–water partition coefficient (Wildman–Crippen LogP) is 0.987. The normalized spacial score (nSPS) is 14.1. The van der Waals surface area contributed by atoms with Crippen molar-refractivity contribution in [3.8, 4) is 0 Å². The van der Waals surface area contributed by atoms with Gasteiger partial charge in [-0.15, -0.1) is 0 Å². The Morgan fingerprint density at radius 1 is 1.25 bits per heavy atom. The molecule has 0 aliphatic carbocycles. The molecule has 7 nitrogen and oxygen atoms in total.